The molecule has 1 aliphatic carbocycles. The smallest absolute Gasteiger partial charge is 0.287 e. The first-order chi connectivity index (χ1) is 11.7. The van der Waals surface area contributed by atoms with Gasteiger partial charge < -0.3 is 19.9 Å². The second-order valence-electron chi connectivity index (χ2n) is 6.42. The number of fused-ring (bicyclic) bond motifs is 1. The van der Waals surface area contributed by atoms with Crippen molar-refractivity contribution in [1.82, 2.24) is 5.32 Å². The molecule has 1 saturated carbocycles. The molecule has 1 aromatic carbocycles. The van der Waals surface area contributed by atoms with Crippen LogP contribution in [0.2, 0.25) is 0 Å². The van der Waals surface area contributed by atoms with E-state index in [0.717, 1.165) is 6.07 Å². The largest absolute Gasteiger partial charge is 0.508 e. The van der Waals surface area contributed by atoms with Crippen molar-refractivity contribution >= 4 is 16.9 Å². The monoisotopic (exact) mass is 353 g/mol. The van der Waals surface area contributed by atoms with E-state index in [2.05, 4.69) is 5.32 Å². The average Bonchev–Trinajstić information content (AvgIpc) is 2.56. The zero-order valence-corrected chi connectivity index (χ0v) is 13.2. The maximum absolute atomic E-state index is 13.2. The Morgan fingerprint density at radius 1 is 1.20 bits per heavy atom. The third-order valence-electron chi connectivity index (χ3n) is 4.42. The van der Waals surface area contributed by atoms with Crippen molar-refractivity contribution in [3.8, 4) is 5.75 Å². The number of rotatable bonds is 3. The van der Waals surface area contributed by atoms with E-state index in [9.17, 15) is 28.6 Å². The lowest BCUT2D eigenvalue weighted by Gasteiger charge is -2.35. The first-order valence-corrected chi connectivity index (χ1v) is 7.83. The second kappa shape index (κ2) is 6.11. The van der Waals surface area contributed by atoms with Crippen LogP contribution in [0, 0.1) is 0 Å². The van der Waals surface area contributed by atoms with Crippen LogP contribution in [0.3, 0.4) is 0 Å². The molecule has 134 valence electrons. The summed E-state index contributed by atoms with van der Waals surface area (Å²) in [4.78, 5) is 24.2. The minimum absolute atomic E-state index is 0.103. The van der Waals surface area contributed by atoms with E-state index in [1.807, 2.05) is 0 Å². The number of carbonyl (C=O) groups is 1. The number of alkyl halides is 2. The van der Waals surface area contributed by atoms with Crippen molar-refractivity contribution in [3.05, 3.63) is 40.2 Å². The molecule has 6 nitrogen and oxygen atoms in total. The third-order valence-corrected chi connectivity index (χ3v) is 4.42. The Labute approximate surface area is 141 Å². The molecule has 2 aromatic rings. The minimum Gasteiger partial charge on any atom is -0.508 e. The average molecular weight is 353 g/mol. The van der Waals surface area contributed by atoms with E-state index in [0.29, 0.717) is 0 Å². The fourth-order valence-electron chi connectivity index (χ4n) is 2.85. The number of amides is 1. The fourth-order valence-corrected chi connectivity index (χ4v) is 2.85. The van der Waals surface area contributed by atoms with Gasteiger partial charge in [0, 0.05) is 25.5 Å². The lowest BCUT2D eigenvalue weighted by atomic mass is 9.83. The molecule has 8 heteroatoms. The summed E-state index contributed by atoms with van der Waals surface area (Å²) in [5.41, 5.74) is -1.77. The Morgan fingerprint density at radius 3 is 2.56 bits per heavy atom. The predicted octanol–water partition coefficient (Wildman–Crippen LogP) is 2.17. The zero-order valence-electron chi connectivity index (χ0n) is 13.2. The predicted molar refractivity (Wildman–Crippen MR) is 84.8 cm³/mol. The zero-order chi connectivity index (χ0) is 18.2. The van der Waals surface area contributed by atoms with Crippen LogP contribution in [0.1, 0.15) is 36.2 Å². The topological polar surface area (TPSA) is 99.8 Å². The third kappa shape index (κ3) is 3.79. The summed E-state index contributed by atoms with van der Waals surface area (Å²) < 4.78 is 31.7. The van der Waals surface area contributed by atoms with Crippen LogP contribution in [0.15, 0.2) is 33.5 Å². The number of benzene rings is 1. The number of carbonyl (C=O) groups excluding carboxylic acids is 1. The summed E-state index contributed by atoms with van der Waals surface area (Å²) >= 11 is 0. The molecule has 0 radical (unpaired) electrons. The Hall–Kier alpha value is -2.48. The number of phenolic OH excluding ortho intramolecular Hbond substituents is 1. The number of aliphatic hydroxyl groups is 1. The maximum Gasteiger partial charge on any atom is 0.287 e. The Balaban J connectivity index is 1.73. The van der Waals surface area contributed by atoms with Crippen LogP contribution in [0.4, 0.5) is 8.78 Å². The van der Waals surface area contributed by atoms with Crippen molar-refractivity contribution in [2.45, 2.75) is 37.2 Å². The van der Waals surface area contributed by atoms with Gasteiger partial charge in [-0.25, -0.2) is 8.78 Å². The van der Waals surface area contributed by atoms with Gasteiger partial charge in [0.15, 0.2) is 11.2 Å². The summed E-state index contributed by atoms with van der Waals surface area (Å²) in [6.45, 7) is -0.209. The molecule has 0 atom stereocenters. The molecule has 25 heavy (non-hydrogen) atoms. The Morgan fingerprint density at radius 2 is 1.88 bits per heavy atom. The van der Waals surface area contributed by atoms with Crippen molar-refractivity contribution < 1.29 is 28.2 Å². The van der Waals surface area contributed by atoms with Crippen LogP contribution in [-0.2, 0) is 0 Å². The summed E-state index contributed by atoms with van der Waals surface area (Å²) in [5.74, 6) is -3.87. The molecule has 1 heterocycles. The van der Waals surface area contributed by atoms with E-state index in [1.54, 1.807) is 0 Å². The second-order valence-corrected chi connectivity index (χ2v) is 6.42. The van der Waals surface area contributed by atoms with E-state index >= 15 is 0 Å². The molecule has 0 spiro atoms. The van der Waals surface area contributed by atoms with Gasteiger partial charge in [-0.2, -0.15) is 0 Å². The molecular formula is C17H17F2NO5. The van der Waals surface area contributed by atoms with E-state index in [1.165, 1.54) is 18.2 Å². The summed E-state index contributed by atoms with van der Waals surface area (Å²) in [6, 6.07) is 4.89. The van der Waals surface area contributed by atoms with Crippen LogP contribution in [0.25, 0.3) is 11.0 Å². The minimum atomic E-state index is -2.78. The number of phenols is 1. The van der Waals surface area contributed by atoms with E-state index in [-0.39, 0.29) is 41.9 Å². The highest BCUT2D eigenvalue weighted by Gasteiger charge is 2.42. The van der Waals surface area contributed by atoms with Gasteiger partial charge in [-0.1, -0.05) is 0 Å². The van der Waals surface area contributed by atoms with E-state index in [4.69, 9.17) is 4.42 Å². The SMILES string of the molecule is O=C(NCC1(O)CCC(F)(F)CC1)c1cc(=O)c2cc(O)ccc2o1. The molecule has 1 amide bonds. The van der Waals surface area contributed by atoms with Gasteiger partial charge in [0.1, 0.15) is 11.3 Å². The summed E-state index contributed by atoms with van der Waals surface area (Å²) in [5, 5.41) is 22.2. The highest BCUT2D eigenvalue weighted by atomic mass is 19.3. The van der Waals surface area contributed by atoms with Crippen LogP contribution >= 0.6 is 0 Å². The van der Waals surface area contributed by atoms with Crippen molar-refractivity contribution in [2.24, 2.45) is 0 Å². The molecular weight excluding hydrogens is 336 g/mol. The first kappa shape index (κ1) is 17.3. The summed E-state index contributed by atoms with van der Waals surface area (Å²) in [6.07, 6.45) is -1.12. The molecule has 3 N–H and O–H groups in total. The van der Waals surface area contributed by atoms with Crippen LogP contribution in [-0.4, -0.2) is 34.2 Å². The van der Waals surface area contributed by atoms with Gasteiger partial charge in [0.05, 0.1) is 11.0 Å². The molecule has 0 bridgehead atoms. The van der Waals surface area contributed by atoms with Crippen molar-refractivity contribution in [2.75, 3.05) is 6.54 Å². The molecule has 1 fully saturated rings. The molecule has 0 unspecified atom stereocenters. The number of halogens is 2. The normalized spacial score (nSPS) is 18.8. The lowest BCUT2D eigenvalue weighted by molar-refractivity contribution is -0.101. The Kier molecular flexibility index (Phi) is 4.24. The number of aromatic hydroxyl groups is 1. The summed E-state index contributed by atoms with van der Waals surface area (Å²) in [7, 11) is 0. The van der Waals surface area contributed by atoms with Gasteiger partial charge in [-0.15, -0.1) is 0 Å². The quantitative estimate of drug-likeness (QED) is 0.785. The van der Waals surface area contributed by atoms with Gasteiger partial charge >= 0.3 is 0 Å². The van der Waals surface area contributed by atoms with Gasteiger partial charge in [-0.05, 0) is 31.0 Å². The highest BCUT2D eigenvalue weighted by Crippen LogP contribution is 2.38. The number of nitrogens with one attached hydrogen (secondary N) is 1. The first-order valence-electron chi connectivity index (χ1n) is 7.83. The molecule has 3 rings (SSSR count). The van der Waals surface area contributed by atoms with Crippen LogP contribution in [0.5, 0.6) is 5.75 Å². The highest BCUT2D eigenvalue weighted by molar-refractivity contribution is 5.93. The maximum atomic E-state index is 13.2. The molecule has 0 saturated heterocycles. The van der Waals surface area contributed by atoms with Crippen molar-refractivity contribution in [3.63, 3.8) is 0 Å². The Bertz CT molecular complexity index is 867. The lowest BCUT2D eigenvalue weighted by Crippen LogP contribution is -2.47. The van der Waals surface area contributed by atoms with Gasteiger partial charge in [0.25, 0.3) is 5.91 Å². The molecule has 1 aliphatic rings. The number of hydrogen-bond donors (Lipinski definition) is 3. The van der Waals surface area contributed by atoms with Crippen LogP contribution < -0.4 is 10.7 Å². The molecule has 1 aromatic heterocycles. The van der Waals surface area contributed by atoms with Gasteiger partial charge in [0.2, 0.25) is 5.92 Å². The molecule has 0 aliphatic heterocycles. The standard InChI is InChI=1S/C17H17F2NO5/c18-17(19)5-3-16(24,4-6-17)9-20-15(23)14-8-12(22)11-7-10(21)1-2-13(11)25-14/h1-2,7-8,21,24H,3-6,9H2,(H,20,23). The number of hydrogen-bond acceptors (Lipinski definition) is 5. The van der Waals surface area contributed by atoms with E-state index < -0.39 is 35.7 Å². The van der Waals surface area contributed by atoms with Crippen molar-refractivity contribution in [1.29, 1.82) is 0 Å². The van der Waals surface area contributed by atoms with Gasteiger partial charge in [-0.3, -0.25) is 9.59 Å². The fraction of sp³-hybridized carbons (Fsp3) is 0.412.